The Morgan fingerprint density at radius 3 is 1.85 bits per heavy atom. The quantitative estimate of drug-likeness (QED) is 0.0684. The number of hydrogen-bond donors (Lipinski definition) is 6. The molecule has 5 N–H and O–H groups in total. The van der Waals surface area contributed by atoms with Gasteiger partial charge in [-0.25, -0.2) is 4.79 Å². The zero-order valence-electron chi connectivity index (χ0n) is 15.0. The van der Waals surface area contributed by atoms with E-state index in [9.17, 15) is 19.5 Å². The highest BCUT2D eigenvalue weighted by atomic mass is 33.1. The fourth-order valence-electron chi connectivity index (χ4n) is 2.22. The largest absolute Gasteiger partial charge is 0.480 e. The topological polar surface area (TPSA) is 136 Å². The molecule has 0 aromatic rings. The van der Waals surface area contributed by atoms with E-state index in [0.29, 0.717) is 32.2 Å². The maximum atomic E-state index is 11.3. The lowest BCUT2D eigenvalue weighted by Gasteiger charge is -2.15. The fraction of sp³-hybridized carbons (Fsp3) is 0.588. The third-order valence-electron chi connectivity index (χ3n) is 3.60. The second kappa shape index (κ2) is 16.7. The highest BCUT2D eigenvalue weighted by Crippen LogP contribution is 2.08. The van der Waals surface area contributed by atoms with Gasteiger partial charge in [0, 0.05) is 24.9 Å². The van der Waals surface area contributed by atoms with Gasteiger partial charge in [0.1, 0.15) is 12.1 Å². The summed E-state index contributed by atoms with van der Waals surface area (Å²) in [6, 6.07) is -1.48. The molecule has 0 heterocycles. The third-order valence-corrected chi connectivity index (χ3v) is 4.56. The van der Waals surface area contributed by atoms with Crippen molar-refractivity contribution in [2.24, 2.45) is 0 Å². The molecule has 8 nitrogen and oxygen atoms in total. The minimum Gasteiger partial charge on any atom is -0.480 e. The summed E-state index contributed by atoms with van der Waals surface area (Å²) in [5.41, 5.74) is 0. The molecule has 154 valence electrons. The first kappa shape index (κ1) is 25.5. The molecule has 2 atom stereocenters. The van der Waals surface area contributed by atoms with Gasteiger partial charge in [-0.1, -0.05) is 41.9 Å². The van der Waals surface area contributed by atoms with Crippen LogP contribution in [0.4, 0.5) is 0 Å². The first-order valence-electron chi connectivity index (χ1n) is 8.61. The average Bonchev–Trinajstić information content (AvgIpc) is 2.60. The first-order chi connectivity index (χ1) is 12.9. The van der Waals surface area contributed by atoms with Gasteiger partial charge in [-0.3, -0.25) is 9.59 Å². The van der Waals surface area contributed by atoms with Crippen LogP contribution in [-0.4, -0.2) is 64.2 Å². The number of carboxylic acid groups (broad SMARTS) is 3. The van der Waals surface area contributed by atoms with Gasteiger partial charge in [0.15, 0.2) is 0 Å². The Balaban J connectivity index is 4.14. The van der Waals surface area contributed by atoms with Gasteiger partial charge in [-0.2, -0.15) is 0 Å². The predicted octanol–water partition coefficient (Wildman–Crippen LogP) is 1.80. The normalized spacial score (nSPS) is 13.8. The van der Waals surface area contributed by atoms with Crippen molar-refractivity contribution in [3.8, 4) is 0 Å². The summed E-state index contributed by atoms with van der Waals surface area (Å²) < 4.78 is 0. The number of hydrogen-bond acceptors (Lipinski definition) is 7. The Morgan fingerprint density at radius 2 is 1.41 bits per heavy atom. The molecular weight excluding hydrogens is 392 g/mol. The maximum absolute atomic E-state index is 11.3. The van der Waals surface area contributed by atoms with Crippen molar-refractivity contribution in [1.82, 2.24) is 10.6 Å². The van der Waals surface area contributed by atoms with Gasteiger partial charge in [0.2, 0.25) is 0 Å². The van der Waals surface area contributed by atoms with Crippen molar-refractivity contribution >= 4 is 40.4 Å². The molecule has 0 saturated heterocycles. The van der Waals surface area contributed by atoms with Crippen LogP contribution >= 0.6 is 22.5 Å². The van der Waals surface area contributed by atoms with Crippen molar-refractivity contribution < 1.29 is 29.7 Å². The molecule has 0 rings (SSSR count). The molecule has 0 radical (unpaired) electrons. The molecule has 0 aromatic heterocycles. The first-order valence-corrected chi connectivity index (χ1v) is 10.7. The van der Waals surface area contributed by atoms with Crippen LogP contribution in [0.2, 0.25) is 0 Å². The summed E-state index contributed by atoms with van der Waals surface area (Å²) in [5, 5.41) is 32.6. The molecule has 0 aliphatic rings. The van der Waals surface area contributed by atoms with Gasteiger partial charge in [0.05, 0.1) is 0 Å². The summed E-state index contributed by atoms with van der Waals surface area (Å²) in [6.07, 6.45) is 8.87. The highest BCUT2D eigenvalue weighted by molar-refractivity contribution is 8.68. The Morgan fingerprint density at radius 1 is 0.889 bits per heavy atom. The van der Waals surface area contributed by atoms with E-state index in [2.05, 4.69) is 22.3 Å². The van der Waals surface area contributed by atoms with Gasteiger partial charge in [-0.15, -0.1) is 11.7 Å². The van der Waals surface area contributed by atoms with E-state index in [1.165, 1.54) is 16.9 Å². The molecular formula is C17H28N2O6S2. The van der Waals surface area contributed by atoms with Crippen LogP contribution in [0.1, 0.15) is 32.1 Å². The van der Waals surface area contributed by atoms with E-state index in [4.69, 9.17) is 10.2 Å². The number of carboxylic acids is 3. The molecule has 0 fully saturated rings. The summed E-state index contributed by atoms with van der Waals surface area (Å²) in [7, 11) is 1.45. The molecule has 10 heteroatoms. The van der Waals surface area contributed by atoms with Crippen LogP contribution in [-0.2, 0) is 14.4 Å². The van der Waals surface area contributed by atoms with Crippen LogP contribution in [0.25, 0.3) is 0 Å². The van der Waals surface area contributed by atoms with Crippen molar-refractivity contribution in [2.75, 3.05) is 18.8 Å². The van der Waals surface area contributed by atoms with E-state index in [-0.39, 0.29) is 6.54 Å². The minimum atomic E-state index is -1.09. The van der Waals surface area contributed by atoms with Gasteiger partial charge in [0.25, 0.3) is 0 Å². The molecule has 0 aliphatic carbocycles. The lowest BCUT2D eigenvalue weighted by molar-refractivity contribution is -0.140. The molecule has 0 spiro atoms. The molecule has 0 aliphatic heterocycles. The summed E-state index contributed by atoms with van der Waals surface area (Å²) in [4.78, 5) is 32.8. The van der Waals surface area contributed by atoms with E-state index in [1.807, 2.05) is 12.2 Å². The van der Waals surface area contributed by atoms with Crippen molar-refractivity contribution in [2.45, 2.75) is 44.2 Å². The van der Waals surface area contributed by atoms with Gasteiger partial charge in [-0.05, 0) is 19.3 Å². The molecule has 27 heavy (non-hydrogen) atoms. The Bertz CT molecular complexity index is 514. The zero-order chi connectivity index (χ0) is 20.5. The lowest BCUT2D eigenvalue weighted by atomic mass is 10.0. The number of allylic oxidation sites excluding steroid dienone is 1. The van der Waals surface area contributed by atoms with Crippen molar-refractivity contribution in [3.63, 3.8) is 0 Å². The van der Waals surface area contributed by atoms with Crippen LogP contribution < -0.4 is 10.6 Å². The average molecular weight is 421 g/mol. The second-order valence-electron chi connectivity index (χ2n) is 5.72. The van der Waals surface area contributed by atoms with Gasteiger partial charge < -0.3 is 26.0 Å². The molecule has 0 aromatic carbocycles. The van der Waals surface area contributed by atoms with Gasteiger partial charge >= 0.3 is 17.9 Å². The van der Waals surface area contributed by atoms with E-state index >= 15 is 0 Å². The van der Waals surface area contributed by atoms with Crippen LogP contribution in [0, 0.1) is 0 Å². The number of nitrogens with one attached hydrogen (secondary N) is 2. The van der Waals surface area contributed by atoms with E-state index in [1.54, 1.807) is 0 Å². The van der Waals surface area contributed by atoms with Crippen molar-refractivity contribution in [1.29, 1.82) is 0 Å². The molecule has 0 amide bonds. The summed E-state index contributed by atoms with van der Waals surface area (Å²) >= 11 is 4.03. The van der Waals surface area contributed by atoms with Crippen LogP contribution in [0.5, 0.6) is 0 Å². The summed E-state index contributed by atoms with van der Waals surface area (Å²) in [5.74, 6) is -2.14. The molecule has 2 unspecified atom stereocenters. The maximum Gasteiger partial charge on any atom is 0.328 e. The number of rotatable bonds is 17. The Kier molecular flexibility index (Phi) is 15.7. The number of aliphatic carboxylic acids is 3. The predicted molar refractivity (Wildman–Crippen MR) is 109 cm³/mol. The number of thiol groups is 1. The zero-order valence-corrected chi connectivity index (χ0v) is 16.8. The second-order valence-corrected chi connectivity index (χ2v) is 7.16. The third kappa shape index (κ3) is 15.3. The van der Waals surface area contributed by atoms with E-state index < -0.39 is 30.0 Å². The summed E-state index contributed by atoms with van der Waals surface area (Å²) in [6.45, 7) is 0.601. The Hall–Kier alpha value is -1.49. The minimum absolute atomic E-state index is 0.140. The Labute approximate surface area is 168 Å². The van der Waals surface area contributed by atoms with Crippen molar-refractivity contribution in [3.05, 3.63) is 24.3 Å². The number of unbranched alkanes of at least 4 members (excludes halogenated alkanes) is 1. The van der Waals surface area contributed by atoms with Crippen LogP contribution in [0.15, 0.2) is 24.3 Å². The fourth-order valence-corrected chi connectivity index (χ4v) is 2.78. The highest BCUT2D eigenvalue weighted by Gasteiger charge is 2.18. The number of carbonyl (C=O) groups is 3. The van der Waals surface area contributed by atoms with Crippen LogP contribution in [0.3, 0.4) is 0 Å². The molecule has 0 saturated carbocycles. The smallest absolute Gasteiger partial charge is 0.328 e. The molecule has 0 bridgehead atoms. The lowest BCUT2D eigenvalue weighted by Crippen LogP contribution is -2.38. The van der Waals surface area contributed by atoms with E-state index in [0.717, 1.165) is 18.2 Å². The monoisotopic (exact) mass is 420 g/mol. The standard InChI is InChI=1S/C17H28N2O6S2/c20-15(21)9-6-11-19-14(17(24)25)8-3-2-7-13(16(22)23)18-10-4-1-5-12-27-26/h1,4,6,9,13-14,18-19,26H,2-3,5,7-8,10-12H2,(H,20,21)(H,22,23)(H,24,25). The SMILES string of the molecule is O=C(O)C=CCNC(CCCCC(NCC=CCCSS)C(=O)O)C(=O)O.